The van der Waals surface area contributed by atoms with E-state index in [2.05, 4.69) is 31.2 Å². The van der Waals surface area contributed by atoms with Crippen molar-refractivity contribution in [3.63, 3.8) is 0 Å². The van der Waals surface area contributed by atoms with Crippen LogP contribution in [0, 0.1) is 0 Å². The average molecular weight is 215 g/mol. The van der Waals surface area contributed by atoms with E-state index in [0.717, 1.165) is 5.92 Å². The molecule has 1 nitrogen and oxygen atoms in total. The molecular formula is C15H21N. The second-order valence-electron chi connectivity index (χ2n) is 5.66. The standard InChI is InChI=1S/C15H21N/c1-11(16)15(9-10-15)14-8-3-2-7-13(14)12-5-4-6-12/h2-3,7-8,11-12H,4-6,9-10,16H2,1H3. The van der Waals surface area contributed by atoms with Crippen LogP contribution in [0.5, 0.6) is 0 Å². The molecule has 86 valence electrons. The molecular weight excluding hydrogens is 194 g/mol. The number of benzene rings is 1. The van der Waals surface area contributed by atoms with Gasteiger partial charge in [0.05, 0.1) is 0 Å². The van der Waals surface area contributed by atoms with E-state index in [-0.39, 0.29) is 0 Å². The lowest BCUT2D eigenvalue weighted by molar-refractivity contribution is 0.411. The van der Waals surface area contributed by atoms with Gasteiger partial charge < -0.3 is 5.73 Å². The first-order valence-corrected chi connectivity index (χ1v) is 6.59. The van der Waals surface area contributed by atoms with E-state index in [4.69, 9.17) is 5.73 Å². The molecule has 1 unspecified atom stereocenters. The van der Waals surface area contributed by atoms with Gasteiger partial charge in [0.15, 0.2) is 0 Å². The van der Waals surface area contributed by atoms with Crippen LogP contribution in [0.2, 0.25) is 0 Å². The average Bonchev–Trinajstić information content (AvgIpc) is 2.96. The minimum Gasteiger partial charge on any atom is -0.327 e. The molecule has 2 aliphatic carbocycles. The zero-order valence-electron chi connectivity index (χ0n) is 10.1. The highest BCUT2D eigenvalue weighted by molar-refractivity contribution is 5.42. The third-order valence-corrected chi connectivity index (χ3v) is 4.70. The van der Waals surface area contributed by atoms with Crippen molar-refractivity contribution in [2.24, 2.45) is 5.73 Å². The van der Waals surface area contributed by atoms with Crippen molar-refractivity contribution >= 4 is 0 Å². The van der Waals surface area contributed by atoms with Gasteiger partial charge in [-0.2, -0.15) is 0 Å². The largest absolute Gasteiger partial charge is 0.327 e. The van der Waals surface area contributed by atoms with Crippen LogP contribution in [0.4, 0.5) is 0 Å². The number of hydrogen-bond acceptors (Lipinski definition) is 1. The first-order chi connectivity index (χ1) is 7.74. The van der Waals surface area contributed by atoms with E-state index >= 15 is 0 Å². The Morgan fingerprint density at radius 1 is 1.25 bits per heavy atom. The van der Waals surface area contributed by atoms with Gasteiger partial charge in [-0.05, 0) is 49.7 Å². The van der Waals surface area contributed by atoms with Crippen LogP contribution >= 0.6 is 0 Å². The first kappa shape index (κ1) is 10.3. The highest BCUT2D eigenvalue weighted by Gasteiger charge is 2.49. The molecule has 1 heteroatoms. The van der Waals surface area contributed by atoms with Gasteiger partial charge in [0.1, 0.15) is 0 Å². The van der Waals surface area contributed by atoms with Crippen molar-refractivity contribution in [2.75, 3.05) is 0 Å². The minimum absolute atomic E-state index is 0.300. The van der Waals surface area contributed by atoms with Crippen molar-refractivity contribution in [1.29, 1.82) is 0 Å². The Morgan fingerprint density at radius 2 is 1.94 bits per heavy atom. The lowest BCUT2D eigenvalue weighted by atomic mass is 9.74. The number of nitrogens with two attached hydrogens (primary N) is 1. The molecule has 2 saturated carbocycles. The summed E-state index contributed by atoms with van der Waals surface area (Å²) < 4.78 is 0. The van der Waals surface area contributed by atoms with E-state index in [9.17, 15) is 0 Å². The maximum absolute atomic E-state index is 6.19. The number of rotatable bonds is 3. The molecule has 2 fully saturated rings. The zero-order chi connectivity index (χ0) is 11.2. The third-order valence-electron chi connectivity index (χ3n) is 4.70. The Bertz CT molecular complexity index is 386. The maximum atomic E-state index is 6.19. The molecule has 0 spiro atoms. The van der Waals surface area contributed by atoms with Crippen LogP contribution in [0.25, 0.3) is 0 Å². The Kier molecular flexibility index (Phi) is 2.32. The molecule has 0 aliphatic heterocycles. The molecule has 0 saturated heterocycles. The summed E-state index contributed by atoms with van der Waals surface area (Å²) >= 11 is 0. The summed E-state index contributed by atoms with van der Waals surface area (Å²) in [6.07, 6.45) is 6.74. The second-order valence-corrected chi connectivity index (χ2v) is 5.66. The highest BCUT2D eigenvalue weighted by atomic mass is 14.7. The molecule has 3 rings (SSSR count). The smallest absolute Gasteiger partial charge is 0.0108 e. The van der Waals surface area contributed by atoms with Crippen molar-refractivity contribution < 1.29 is 0 Å². The van der Waals surface area contributed by atoms with Gasteiger partial charge in [-0.3, -0.25) is 0 Å². The molecule has 1 atom stereocenters. The second kappa shape index (κ2) is 3.59. The summed E-state index contributed by atoms with van der Waals surface area (Å²) in [5, 5.41) is 0. The van der Waals surface area contributed by atoms with Crippen LogP contribution in [0.1, 0.15) is 56.1 Å². The van der Waals surface area contributed by atoms with Gasteiger partial charge in [0.25, 0.3) is 0 Å². The predicted octanol–water partition coefficient (Wildman–Crippen LogP) is 3.33. The molecule has 0 heterocycles. The van der Waals surface area contributed by atoms with Gasteiger partial charge >= 0.3 is 0 Å². The summed E-state index contributed by atoms with van der Waals surface area (Å²) in [4.78, 5) is 0. The van der Waals surface area contributed by atoms with E-state index in [1.54, 1.807) is 11.1 Å². The Balaban J connectivity index is 2.00. The molecule has 1 aromatic carbocycles. The molecule has 0 amide bonds. The highest BCUT2D eigenvalue weighted by Crippen LogP contribution is 2.53. The minimum atomic E-state index is 0.300. The molecule has 2 N–H and O–H groups in total. The zero-order valence-corrected chi connectivity index (χ0v) is 10.1. The lowest BCUT2D eigenvalue weighted by Gasteiger charge is -2.32. The van der Waals surface area contributed by atoms with Crippen LogP contribution in [0.15, 0.2) is 24.3 Å². The SMILES string of the molecule is CC(N)C1(c2ccccc2C2CCC2)CC1. The van der Waals surface area contributed by atoms with Crippen molar-refractivity contribution in [1.82, 2.24) is 0 Å². The summed E-state index contributed by atoms with van der Waals surface area (Å²) in [6.45, 7) is 2.17. The normalized spacial score (nSPS) is 24.9. The fourth-order valence-corrected chi connectivity index (χ4v) is 3.13. The van der Waals surface area contributed by atoms with Gasteiger partial charge in [0, 0.05) is 11.5 Å². The molecule has 2 aliphatic rings. The summed E-state index contributed by atoms with van der Waals surface area (Å²) in [5.74, 6) is 0.826. The van der Waals surface area contributed by atoms with E-state index in [1.165, 1.54) is 32.1 Å². The Hall–Kier alpha value is -0.820. The lowest BCUT2D eigenvalue weighted by Crippen LogP contribution is -2.33. The fraction of sp³-hybridized carbons (Fsp3) is 0.600. The van der Waals surface area contributed by atoms with E-state index < -0.39 is 0 Å². The van der Waals surface area contributed by atoms with Crippen LogP contribution in [-0.4, -0.2) is 6.04 Å². The third kappa shape index (κ3) is 1.41. The summed E-state index contributed by atoms with van der Waals surface area (Å²) in [5.41, 5.74) is 9.68. The Labute approximate surface area is 98.0 Å². The topological polar surface area (TPSA) is 26.0 Å². The van der Waals surface area contributed by atoms with Crippen molar-refractivity contribution in [3.8, 4) is 0 Å². The number of hydrogen-bond donors (Lipinski definition) is 1. The van der Waals surface area contributed by atoms with Crippen LogP contribution in [-0.2, 0) is 5.41 Å². The van der Waals surface area contributed by atoms with Gasteiger partial charge in [0.2, 0.25) is 0 Å². The van der Waals surface area contributed by atoms with Crippen LogP contribution < -0.4 is 5.73 Å². The Morgan fingerprint density at radius 3 is 2.44 bits per heavy atom. The van der Waals surface area contributed by atoms with Gasteiger partial charge in [-0.15, -0.1) is 0 Å². The van der Waals surface area contributed by atoms with E-state index in [1.807, 2.05) is 0 Å². The van der Waals surface area contributed by atoms with Gasteiger partial charge in [-0.25, -0.2) is 0 Å². The monoisotopic (exact) mass is 215 g/mol. The quantitative estimate of drug-likeness (QED) is 0.822. The molecule has 16 heavy (non-hydrogen) atoms. The summed E-state index contributed by atoms with van der Waals surface area (Å²) in [6, 6.07) is 9.33. The summed E-state index contributed by atoms with van der Waals surface area (Å²) in [7, 11) is 0. The van der Waals surface area contributed by atoms with Crippen molar-refractivity contribution in [2.45, 2.75) is 56.4 Å². The van der Waals surface area contributed by atoms with E-state index in [0.29, 0.717) is 11.5 Å². The molecule has 0 aromatic heterocycles. The molecule has 1 aromatic rings. The first-order valence-electron chi connectivity index (χ1n) is 6.59. The molecule has 0 bridgehead atoms. The predicted molar refractivity (Wildman–Crippen MR) is 67.6 cm³/mol. The van der Waals surface area contributed by atoms with Crippen LogP contribution in [0.3, 0.4) is 0 Å². The maximum Gasteiger partial charge on any atom is 0.0108 e. The fourth-order valence-electron chi connectivity index (χ4n) is 3.13. The van der Waals surface area contributed by atoms with Gasteiger partial charge in [-0.1, -0.05) is 30.7 Å². The molecule has 0 radical (unpaired) electrons. The van der Waals surface area contributed by atoms with Crippen molar-refractivity contribution in [3.05, 3.63) is 35.4 Å².